The highest BCUT2D eigenvalue weighted by atomic mass is 32.2. The van der Waals surface area contributed by atoms with Gasteiger partial charge in [0.25, 0.3) is 0 Å². The highest BCUT2D eigenvalue weighted by molar-refractivity contribution is 7.98. The van der Waals surface area contributed by atoms with Crippen LogP contribution in [0.2, 0.25) is 0 Å². The Morgan fingerprint density at radius 1 is 0.957 bits per heavy atom. The first-order valence-electron chi connectivity index (χ1n) is 7.41. The number of pyridine rings is 2. The van der Waals surface area contributed by atoms with Gasteiger partial charge in [-0.25, -0.2) is 4.98 Å². The molecule has 120 valence electrons. The maximum absolute atomic E-state index is 5.91. The first kappa shape index (κ1) is 17.1. The molecule has 0 spiro atoms. The van der Waals surface area contributed by atoms with Gasteiger partial charge in [-0.2, -0.15) is 0 Å². The number of hydrogen-bond acceptors (Lipinski definition) is 5. The van der Waals surface area contributed by atoms with Crippen LogP contribution in [0, 0.1) is 0 Å². The van der Waals surface area contributed by atoms with E-state index < -0.39 is 0 Å². The van der Waals surface area contributed by atoms with Gasteiger partial charge < -0.3 is 9.47 Å². The summed E-state index contributed by atoms with van der Waals surface area (Å²) in [6.45, 7) is 4.00. The molecule has 0 aliphatic heterocycles. The molecule has 0 saturated carbocycles. The van der Waals surface area contributed by atoms with Crippen molar-refractivity contribution < 1.29 is 9.47 Å². The van der Waals surface area contributed by atoms with E-state index in [0.29, 0.717) is 5.75 Å². The van der Waals surface area contributed by atoms with Crippen molar-refractivity contribution in [2.24, 2.45) is 0 Å². The van der Waals surface area contributed by atoms with E-state index in [1.165, 1.54) is 0 Å². The van der Waals surface area contributed by atoms with Crippen LogP contribution in [0.1, 0.15) is 13.8 Å². The lowest BCUT2D eigenvalue weighted by molar-refractivity contribution is 0.415. The van der Waals surface area contributed by atoms with Crippen LogP contribution in [0.3, 0.4) is 0 Å². The molecule has 0 aliphatic carbocycles. The molecule has 0 saturated heterocycles. The third-order valence-electron chi connectivity index (χ3n) is 3.06. The molecule has 0 atom stereocenters. The van der Waals surface area contributed by atoms with E-state index >= 15 is 0 Å². The Balaban J connectivity index is 0.000000924. The molecule has 2 aromatic heterocycles. The summed E-state index contributed by atoms with van der Waals surface area (Å²) in [5.74, 6) is 2.23. The van der Waals surface area contributed by atoms with Crippen molar-refractivity contribution in [3.63, 3.8) is 0 Å². The second kappa shape index (κ2) is 8.39. The maximum atomic E-state index is 5.91. The van der Waals surface area contributed by atoms with Gasteiger partial charge >= 0.3 is 0 Å². The normalized spacial score (nSPS) is 9.91. The van der Waals surface area contributed by atoms with Gasteiger partial charge in [0, 0.05) is 17.6 Å². The van der Waals surface area contributed by atoms with E-state index in [9.17, 15) is 0 Å². The van der Waals surface area contributed by atoms with Gasteiger partial charge in [-0.3, -0.25) is 4.98 Å². The van der Waals surface area contributed by atoms with Crippen LogP contribution in [-0.4, -0.2) is 23.3 Å². The summed E-state index contributed by atoms with van der Waals surface area (Å²) >= 11 is 1.60. The number of thioether (sulfide) groups is 1. The van der Waals surface area contributed by atoms with E-state index in [0.717, 1.165) is 27.4 Å². The average molecular weight is 328 g/mol. The second-order valence-electron chi connectivity index (χ2n) is 4.33. The standard InChI is InChI=1S/C16H14N2O2S.C2H6/c1-19-11-3-5-13-14(9-11)17-8-7-15(13)20-12-4-6-16(21-2)18-10-12;1-2/h3-10H,1-2H3;1-2H3. The Hall–Kier alpha value is -2.27. The minimum atomic E-state index is 0.705. The lowest BCUT2D eigenvalue weighted by Crippen LogP contribution is -1.90. The number of methoxy groups -OCH3 is 1. The summed E-state index contributed by atoms with van der Waals surface area (Å²) in [5.41, 5.74) is 0.834. The van der Waals surface area contributed by atoms with Crippen molar-refractivity contribution in [3.8, 4) is 17.2 Å². The minimum absolute atomic E-state index is 0.705. The minimum Gasteiger partial charge on any atom is -0.497 e. The first-order chi connectivity index (χ1) is 11.3. The number of aromatic nitrogens is 2. The molecular weight excluding hydrogens is 308 g/mol. The third kappa shape index (κ3) is 4.13. The smallest absolute Gasteiger partial charge is 0.145 e. The number of nitrogens with zero attached hydrogens (tertiary/aromatic N) is 2. The van der Waals surface area contributed by atoms with Crippen molar-refractivity contribution in [1.82, 2.24) is 9.97 Å². The molecular formula is C18H20N2O2S. The molecule has 0 fully saturated rings. The molecule has 23 heavy (non-hydrogen) atoms. The van der Waals surface area contributed by atoms with E-state index in [2.05, 4.69) is 9.97 Å². The summed E-state index contributed by atoms with van der Waals surface area (Å²) in [7, 11) is 1.64. The zero-order valence-electron chi connectivity index (χ0n) is 13.7. The summed E-state index contributed by atoms with van der Waals surface area (Å²) in [5, 5.41) is 1.90. The molecule has 3 rings (SSSR count). The van der Waals surface area contributed by atoms with Crippen LogP contribution in [0.15, 0.2) is 53.8 Å². The maximum Gasteiger partial charge on any atom is 0.145 e. The first-order valence-corrected chi connectivity index (χ1v) is 8.63. The lowest BCUT2D eigenvalue weighted by Gasteiger charge is -2.09. The number of benzene rings is 1. The van der Waals surface area contributed by atoms with E-state index in [-0.39, 0.29) is 0 Å². The largest absolute Gasteiger partial charge is 0.497 e. The monoisotopic (exact) mass is 328 g/mol. The third-order valence-corrected chi connectivity index (χ3v) is 3.72. The Morgan fingerprint density at radius 3 is 2.39 bits per heavy atom. The molecule has 4 nitrogen and oxygen atoms in total. The van der Waals surface area contributed by atoms with Crippen molar-refractivity contribution in [2.75, 3.05) is 13.4 Å². The number of ether oxygens (including phenoxy) is 2. The fourth-order valence-corrected chi connectivity index (χ4v) is 2.35. The average Bonchev–Trinajstić information content (AvgIpc) is 2.64. The van der Waals surface area contributed by atoms with Gasteiger partial charge in [0.05, 0.1) is 23.8 Å². The van der Waals surface area contributed by atoms with Gasteiger partial charge in [0.1, 0.15) is 17.2 Å². The number of hydrogen-bond donors (Lipinski definition) is 0. The Kier molecular flexibility index (Phi) is 6.23. The van der Waals surface area contributed by atoms with Crippen molar-refractivity contribution in [1.29, 1.82) is 0 Å². The molecule has 0 amide bonds. The van der Waals surface area contributed by atoms with Gasteiger partial charge in [-0.1, -0.05) is 13.8 Å². The molecule has 3 aromatic rings. The molecule has 0 unspecified atom stereocenters. The molecule has 0 aliphatic rings. The summed E-state index contributed by atoms with van der Waals surface area (Å²) in [4.78, 5) is 8.64. The van der Waals surface area contributed by atoms with Gasteiger partial charge in [-0.15, -0.1) is 11.8 Å². The Bertz CT molecular complexity index is 761. The number of rotatable bonds is 4. The quantitative estimate of drug-likeness (QED) is 0.618. The fraction of sp³-hybridized carbons (Fsp3) is 0.222. The van der Waals surface area contributed by atoms with Crippen LogP contribution >= 0.6 is 11.8 Å². The summed E-state index contributed by atoms with van der Waals surface area (Å²) < 4.78 is 11.1. The predicted octanol–water partition coefficient (Wildman–Crippen LogP) is 5.18. The Morgan fingerprint density at radius 2 is 1.74 bits per heavy atom. The van der Waals surface area contributed by atoms with Crippen LogP contribution < -0.4 is 9.47 Å². The van der Waals surface area contributed by atoms with E-state index in [4.69, 9.17) is 9.47 Å². The van der Waals surface area contributed by atoms with Crippen molar-refractivity contribution in [2.45, 2.75) is 18.9 Å². The Labute approximate surface area is 140 Å². The molecule has 0 radical (unpaired) electrons. The molecule has 1 aromatic carbocycles. The highest BCUT2D eigenvalue weighted by Gasteiger charge is 2.06. The topological polar surface area (TPSA) is 44.2 Å². The van der Waals surface area contributed by atoms with Gasteiger partial charge in [0.2, 0.25) is 0 Å². The zero-order chi connectivity index (χ0) is 16.7. The number of fused-ring (bicyclic) bond motifs is 1. The van der Waals surface area contributed by atoms with Crippen molar-refractivity contribution in [3.05, 3.63) is 48.8 Å². The second-order valence-corrected chi connectivity index (χ2v) is 5.16. The molecule has 0 N–H and O–H groups in total. The van der Waals surface area contributed by atoms with Crippen LogP contribution in [0.25, 0.3) is 10.9 Å². The van der Waals surface area contributed by atoms with Crippen LogP contribution in [0.4, 0.5) is 0 Å². The fourth-order valence-electron chi connectivity index (χ4n) is 1.99. The molecule has 5 heteroatoms. The van der Waals surface area contributed by atoms with Crippen LogP contribution in [0.5, 0.6) is 17.2 Å². The van der Waals surface area contributed by atoms with E-state index in [1.807, 2.05) is 56.5 Å². The SMILES string of the molecule is CC.COc1ccc2c(Oc3ccc(SC)nc3)ccnc2c1. The summed E-state index contributed by atoms with van der Waals surface area (Å²) in [6.07, 6.45) is 5.44. The zero-order valence-corrected chi connectivity index (χ0v) is 14.6. The molecule has 0 bridgehead atoms. The highest BCUT2D eigenvalue weighted by Crippen LogP contribution is 2.30. The van der Waals surface area contributed by atoms with Gasteiger partial charge in [0.15, 0.2) is 0 Å². The van der Waals surface area contributed by atoms with Gasteiger partial charge in [-0.05, 0) is 36.6 Å². The molecule has 2 heterocycles. The lowest BCUT2D eigenvalue weighted by atomic mass is 10.2. The van der Waals surface area contributed by atoms with E-state index in [1.54, 1.807) is 31.3 Å². The van der Waals surface area contributed by atoms with Crippen molar-refractivity contribution >= 4 is 22.7 Å². The predicted molar refractivity (Wildman–Crippen MR) is 95.7 cm³/mol. The summed E-state index contributed by atoms with van der Waals surface area (Å²) in [6, 6.07) is 11.4. The van der Waals surface area contributed by atoms with Crippen LogP contribution in [-0.2, 0) is 0 Å².